The van der Waals surface area contributed by atoms with Gasteiger partial charge in [-0.05, 0) is 29.3 Å². The van der Waals surface area contributed by atoms with Crippen LogP contribution >= 0.6 is 0 Å². The van der Waals surface area contributed by atoms with Crippen LogP contribution in [-0.2, 0) is 16.0 Å². The smallest absolute Gasteiger partial charge is 0.323 e. The molecule has 2 heterocycles. The Balaban J connectivity index is 1.75. The average molecular weight is 360 g/mol. The molecule has 5 nitrogen and oxygen atoms in total. The third-order valence-electron chi connectivity index (χ3n) is 4.93. The van der Waals surface area contributed by atoms with Crippen molar-refractivity contribution < 1.29 is 14.3 Å². The lowest BCUT2D eigenvalue weighted by Crippen LogP contribution is -2.45. The molecule has 5 heteroatoms. The lowest BCUT2D eigenvalue weighted by molar-refractivity contribution is -0.143. The van der Waals surface area contributed by atoms with E-state index in [0.29, 0.717) is 12.2 Å². The Labute approximate surface area is 157 Å². The highest BCUT2D eigenvalue weighted by Gasteiger charge is 2.34. The van der Waals surface area contributed by atoms with Crippen molar-refractivity contribution in [3.63, 3.8) is 0 Å². The van der Waals surface area contributed by atoms with Crippen LogP contribution in [-0.4, -0.2) is 30.7 Å². The van der Waals surface area contributed by atoms with Gasteiger partial charge in [-0.2, -0.15) is 0 Å². The number of ether oxygens (including phenoxy) is 2. The minimum atomic E-state index is -0.399. The van der Waals surface area contributed by atoms with Gasteiger partial charge in [-0.15, -0.1) is 6.42 Å². The second-order valence-electron chi connectivity index (χ2n) is 6.50. The van der Waals surface area contributed by atoms with E-state index in [-0.39, 0.29) is 18.6 Å². The summed E-state index contributed by atoms with van der Waals surface area (Å²) in [5.41, 5.74) is 4.32. The van der Waals surface area contributed by atoms with Gasteiger partial charge in [-0.25, -0.2) is 0 Å². The molecule has 0 spiro atoms. The number of benzene rings is 2. The van der Waals surface area contributed by atoms with E-state index < -0.39 is 6.04 Å². The van der Waals surface area contributed by atoms with E-state index in [1.54, 1.807) is 0 Å². The highest BCUT2D eigenvalue weighted by molar-refractivity contribution is 5.87. The maximum atomic E-state index is 12.3. The number of methoxy groups -OCH3 is 1. The van der Waals surface area contributed by atoms with Crippen LogP contribution in [0.5, 0.6) is 5.75 Å². The molecule has 2 atom stereocenters. The van der Waals surface area contributed by atoms with Gasteiger partial charge in [0, 0.05) is 23.0 Å². The Morgan fingerprint density at radius 2 is 2.00 bits per heavy atom. The summed E-state index contributed by atoms with van der Waals surface area (Å²) in [6, 6.07) is 15.3. The summed E-state index contributed by atoms with van der Waals surface area (Å²) in [7, 11) is 1.42. The number of hydrogen-bond acceptors (Lipinski definition) is 4. The number of rotatable bonds is 4. The SMILES string of the molecule is C#CCOc1ccc([C@H]2N[C@@H](C(=O)OC)Cc3c2[nH]c2ccccc32)cc1. The van der Waals surface area contributed by atoms with Crippen molar-refractivity contribution in [1.29, 1.82) is 0 Å². The summed E-state index contributed by atoms with van der Waals surface area (Å²) in [6.07, 6.45) is 5.83. The zero-order chi connectivity index (χ0) is 18.8. The largest absolute Gasteiger partial charge is 0.481 e. The first kappa shape index (κ1) is 17.2. The zero-order valence-corrected chi connectivity index (χ0v) is 15.0. The number of terminal acetylenes is 1. The van der Waals surface area contributed by atoms with Crippen LogP contribution in [0, 0.1) is 12.3 Å². The van der Waals surface area contributed by atoms with Gasteiger partial charge >= 0.3 is 5.97 Å². The maximum absolute atomic E-state index is 12.3. The fourth-order valence-electron chi connectivity index (χ4n) is 3.67. The summed E-state index contributed by atoms with van der Waals surface area (Å²) in [6.45, 7) is 0.234. The quantitative estimate of drug-likeness (QED) is 0.555. The molecule has 0 aliphatic carbocycles. The first-order valence-electron chi connectivity index (χ1n) is 8.81. The molecule has 1 aromatic heterocycles. The van der Waals surface area contributed by atoms with Gasteiger partial charge in [0.05, 0.1) is 13.2 Å². The summed E-state index contributed by atoms with van der Waals surface area (Å²) in [5.74, 6) is 2.91. The molecular formula is C22H20N2O3. The summed E-state index contributed by atoms with van der Waals surface area (Å²) in [5, 5.41) is 4.56. The molecule has 27 heavy (non-hydrogen) atoms. The van der Waals surface area contributed by atoms with Crippen molar-refractivity contribution in [2.45, 2.75) is 18.5 Å². The number of hydrogen-bond donors (Lipinski definition) is 2. The molecule has 0 unspecified atom stereocenters. The molecule has 0 bridgehead atoms. The first-order chi connectivity index (χ1) is 13.2. The maximum Gasteiger partial charge on any atom is 0.323 e. The molecule has 0 fully saturated rings. The lowest BCUT2D eigenvalue weighted by atomic mass is 9.90. The molecule has 1 aliphatic rings. The number of aromatic nitrogens is 1. The van der Waals surface area contributed by atoms with Crippen LogP contribution in [0.25, 0.3) is 10.9 Å². The van der Waals surface area contributed by atoms with Gasteiger partial charge in [0.25, 0.3) is 0 Å². The Bertz CT molecular complexity index is 1010. The van der Waals surface area contributed by atoms with Gasteiger partial charge < -0.3 is 14.5 Å². The average Bonchev–Trinajstić information content (AvgIpc) is 3.10. The third kappa shape index (κ3) is 3.16. The van der Waals surface area contributed by atoms with Gasteiger partial charge in [0.15, 0.2) is 0 Å². The Morgan fingerprint density at radius 3 is 2.74 bits per heavy atom. The second kappa shape index (κ2) is 7.18. The topological polar surface area (TPSA) is 63.4 Å². The van der Waals surface area contributed by atoms with Crippen LogP contribution in [0.2, 0.25) is 0 Å². The molecule has 1 aliphatic heterocycles. The highest BCUT2D eigenvalue weighted by atomic mass is 16.5. The van der Waals surface area contributed by atoms with E-state index in [9.17, 15) is 4.79 Å². The van der Waals surface area contributed by atoms with Crippen LogP contribution in [0.3, 0.4) is 0 Å². The standard InChI is InChI=1S/C22H20N2O3/c1-3-12-27-15-10-8-14(9-11-15)20-21-17(13-19(24-20)22(25)26-2)16-6-4-5-7-18(16)23-21/h1,4-11,19-20,23-24H,12-13H2,2H3/t19-,20-/m1/s1. The lowest BCUT2D eigenvalue weighted by Gasteiger charge is -2.30. The van der Waals surface area contributed by atoms with E-state index in [0.717, 1.165) is 27.7 Å². The Hall–Kier alpha value is -3.23. The first-order valence-corrected chi connectivity index (χ1v) is 8.81. The Morgan fingerprint density at radius 1 is 1.22 bits per heavy atom. The molecule has 0 amide bonds. The van der Waals surface area contributed by atoms with E-state index in [2.05, 4.69) is 28.4 Å². The molecule has 0 saturated carbocycles. The van der Waals surface area contributed by atoms with E-state index in [4.69, 9.17) is 15.9 Å². The van der Waals surface area contributed by atoms with E-state index in [1.807, 2.05) is 36.4 Å². The summed E-state index contributed by atoms with van der Waals surface area (Å²) >= 11 is 0. The van der Waals surface area contributed by atoms with Gasteiger partial charge in [-0.1, -0.05) is 36.3 Å². The Kier molecular flexibility index (Phi) is 4.57. The number of H-pyrrole nitrogens is 1. The van der Waals surface area contributed by atoms with Crippen LogP contribution in [0.1, 0.15) is 22.9 Å². The van der Waals surface area contributed by atoms with Crippen molar-refractivity contribution >= 4 is 16.9 Å². The van der Waals surface area contributed by atoms with Crippen molar-refractivity contribution in [3.8, 4) is 18.1 Å². The van der Waals surface area contributed by atoms with Gasteiger partial charge in [0.1, 0.15) is 18.4 Å². The van der Waals surface area contributed by atoms with Crippen molar-refractivity contribution in [2.24, 2.45) is 0 Å². The fraction of sp³-hybridized carbons (Fsp3) is 0.227. The number of esters is 1. The van der Waals surface area contributed by atoms with Gasteiger partial charge in [0.2, 0.25) is 0 Å². The van der Waals surface area contributed by atoms with E-state index >= 15 is 0 Å². The number of para-hydroxylation sites is 1. The van der Waals surface area contributed by atoms with Gasteiger partial charge in [-0.3, -0.25) is 10.1 Å². The minimum Gasteiger partial charge on any atom is -0.481 e. The van der Waals surface area contributed by atoms with E-state index in [1.165, 1.54) is 7.11 Å². The number of carbonyl (C=O) groups excluding carboxylic acids is 1. The molecular weight excluding hydrogens is 340 g/mol. The summed E-state index contributed by atoms with van der Waals surface area (Å²) < 4.78 is 10.4. The zero-order valence-electron chi connectivity index (χ0n) is 15.0. The fourth-order valence-corrected chi connectivity index (χ4v) is 3.67. The number of nitrogens with one attached hydrogen (secondary N) is 2. The number of carbonyl (C=O) groups is 1. The predicted molar refractivity (Wildman–Crippen MR) is 104 cm³/mol. The summed E-state index contributed by atoms with van der Waals surface area (Å²) in [4.78, 5) is 15.8. The number of aromatic amines is 1. The minimum absolute atomic E-state index is 0.146. The van der Waals surface area contributed by atoms with Crippen molar-refractivity contribution in [1.82, 2.24) is 10.3 Å². The van der Waals surface area contributed by atoms with Crippen molar-refractivity contribution in [3.05, 3.63) is 65.4 Å². The predicted octanol–water partition coefficient (Wildman–Crippen LogP) is 2.96. The molecule has 0 radical (unpaired) electrons. The third-order valence-corrected chi connectivity index (χ3v) is 4.93. The number of fused-ring (bicyclic) bond motifs is 3. The molecule has 3 aromatic rings. The molecule has 2 aromatic carbocycles. The molecule has 2 N–H and O–H groups in total. The molecule has 4 rings (SSSR count). The monoisotopic (exact) mass is 360 g/mol. The normalized spacial score (nSPS) is 18.5. The molecule has 0 saturated heterocycles. The van der Waals surface area contributed by atoms with Crippen LogP contribution < -0.4 is 10.1 Å². The van der Waals surface area contributed by atoms with Crippen LogP contribution in [0.4, 0.5) is 0 Å². The second-order valence-corrected chi connectivity index (χ2v) is 6.50. The molecule has 136 valence electrons. The highest BCUT2D eigenvalue weighted by Crippen LogP contribution is 2.35. The van der Waals surface area contributed by atoms with Crippen LogP contribution in [0.15, 0.2) is 48.5 Å². The van der Waals surface area contributed by atoms with Crippen molar-refractivity contribution in [2.75, 3.05) is 13.7 Å².